The van der Waals surface area contributed by atoms with Crippen LogP contribution < -0.4 is 9.47 Å². The summed E-state index contributed by atoms with van der Waals surface area (Å²) in [7, 11) is 2.93. The molecule has 0 spiro atoms. The van der Waals surface area contributed by atoms with E-state index in [0.29, 0.717) is 34.9 Å². The van der Waals surface area contributed by atoms with Crippen molar-refractivity contribution in [1.82, 2.24) is 20.2 Å². The summed E-state index contributed by atoms with van der Waals surface area (Å²) in [6, 6.07) is 1.92. The van der Waals surface area contributed by atoms with E-state index in [0.717, 1.165) is 12.8 Å². The summed E-state index contributed by atoms with van der Waals surface area (Å²) in [4.78, 5) is 8.21. The molecule has 0 N–H and O–H groups in total. The number of halogens is 2. The van der Waals surface area contributed by atoms with E-state index >= 15 is 0 Å². The van der Waals surface area contributed by atoms with Crippen molar-refractivity contribution in [2.24, 2.45) is 11.8 Å². The Labute approximate surface area is 155 Å². The molecule has 0 bridgehead atoms. The van der Waals surface area contributed by atoms with Gasteiger partial charge in [-0.05, 0) is 42.7 Å². The first kappa shape index (κ1) is 17.6. The van der Waals surface area contributed by atoms with E-state index in [9.17, 15) is 8.78 Å². The Morgan fingerprint density at radius 1 is 1.19 bits per heavy atom. The van der Waals surface area contributed by atoms with E-state index in [-0.39, 0.29) is 17.8 Å². The van der Waals surface area contributed by atoms with Crippen molar-refractivity contribution in [1.29, 1.82) is 0 Å². The molecule has 27 heavy (non-hydrogen) atoms. The van der Waals surface area contributed by atoms with Crippen LogP contribution in [0.3, 0.4) is 0 Å². The predicted octanol–water partition coefficient (Wildman–Crippen LogP) is 3.08. The van der Waals surface area contributed by atoms with Gasteiger partial charge in [-0.3, -0.25) is 0 Å². The third-order valence-electron chi connectivity index (χ3n) is 4.74. The lowest BCUT2D eigenvalue weighted by Gasteiger charge is -2.10. The molecule has 2 saturated carbocycles. The fraction of sp³-hybridized carbons (Fsp3) is 0.474. The maximum absolute atomic E-state index is 13.1. The number of aromatic nitrogens is 4. The summed E-state index contributed by atoms with van der Waals surface area (Å²) in [6.45, 7) is 0. The Morgan fingerprint density at radius 2 is 2.00 bits per heavy atom. The van der Waals surface area contributed by atoms with Crippen LogP contribution in [0, 0.1) is 23.7 Å². The van der Waals surface area contributed by atoms with Crippen molar-refractivity contribution in [3.63, 3.8) is 0 Å². The van der Waals surface area contributed by atoms with Crippen molar-refractivity contribution in [3.8, 4) is 35.0 Å². The Morgan fingerprint density at radius 3 is 2.63 bits per heavy atom. The van der Waals surface area contributed by atoms with Gasteiger partial charge in [-0.2, -0.15) is 4.98 Å². The van der Waals surface area contributed by atoms with Crippen LogP contribution in [0.1, 0.15) is 36.4 Å². The van der Waals surface area contributed by atoms with Crippen molar-refractivity contribution >= 4 is 0 Å². The van der Waals surface area contributed by atoms with Gasteiger partial charge in [-0.1, -0.05) is 5.92 Å². The highest BCUT2D eigenvalue weighted by Crippen LogP contribution is 2.52. The Hall–Kier alpha value is -2.82. The number of rotatable bonds is 5. The molecule has 2 aromatic rings. The predicted molar refractivity (Wildman–Crippen MR) is 92.6 cm³/mol. The maximum atomic E-state index is 13.1. The summed E-state index contributed by atoms with van der Waals surface area (Å²) in [5, 5.41) is 8.43. The molecule has 0 radical (unpaired) electrons. The first-order valence-electron chi connectivity index (χ1n) is 8.73. The number of hydrogen-bond donors (Lipinski definition) is 0. The van der Waals surface area contributed by atoms with E-state index in [2.05, 4.69) is 32.0 Å². The standard InChI is InChI=1S/C19H18F2N4O2/c1-26-18-14(9-22-19(23-18)27-2)16-8-12(11-7-13(11)17(20)21)15(24-25-16)6-5-10-3-4-10/h8-11,13,17H,3-4,7H2,1-2H3/t11-,13+/m0/s1. The highest BCUT2D eigenvalue weighted by Gasteiger charge is 2.46. The van der Waals surface area contributed by atoms with Gasteiger partial charge in [0.15, 0.2) is 0 Å². The Kier molecular flexibility index (Phi) is 4.60. The van der Waals surface area contributed by atoms with Gasteiger partial charge < -0.3 is 9.47 Å². The smallest absolute Gasteiger partial charge is 0.319 e. The van der Waals surface area contributed by atoms with Gasteiger partial charge in [0.05, 0.1) is 19.8 Å². The number of hydrogen-bond acceptors (Lipinski definition) is 6. The second-order valence-corrected chi connectivity index (χ2v) is 6.70. The van der Waals surface area contributed by atoms with E-state index in [1.165, 1.54) is 20.4 Å². The summed E-state index contributed by atoms with van der Waals surface area (Å²) >= 11 is 0. The van der Waals surface area contributed by atoms with Crippen LogP contribution in [0.4, 0.5) is 8.78 Å². The molecule has 0 aromatic carbocycles. The van der Waals surface area contributed by atoms with Crippen molar-refractivity contribution in [2.75, 3.05) is 14.2 Å². The monoisotopic (exact) mass is 372 g/mol. The summed E-state index contributed by atoms with van der Waals surface area (Å²) in [5.74, 6) is 5.92. The largest absolute Gasteiger partial charge is 0.480 e. The highest BCUT2D eigenvalue weighted by atomic mass is 19.3. The minimum Gasteiger partial charge on any atom is -0.480 e. The van der Waals surface area contributed by atoms with Gasteiger partial charge in [0.2, 0.25) is 12.3 Å². The molecular weight excluding hydrogens is 354 g/mol. The van der Waals surface area contributed by atoms with E-state index in [1.807, 2.05) is 0 Å². The third kappa shape index (κ3) is 3.68. The van der Waals surface area contributed by atoms with Gasteiger partial charge in [0.25, 0.3) is 0 Å². The Bertz CT molecular complexity index is 922. The first-order chi connectivity index (χ1) is 13.1. The van der Waals surface area contributed by atoms with Gasteiger partial charge in [-0.25, -0.2) is 13.8 Å². The summed E-state index contributed by atoms with van der Waals surface area (Å²) in [5.41, 5.74) is 2.16. The van der Waals surface area contributed by atoms with Gasteiger partial charge in [0.1, 0.15) is 11.4 Å². The molecule has 0 amide bonds. The second kappa shape index (κ2) is 7.06. The molecule has 2 aliphatic carbocycles. The quantitative estimate of drug-likeness (QED) is 0.752. The van der Waals surface area contributed by atoms with Crippen LogP contribution >= 0.6 is 0 Å². The topological polar surface area (TPSA) is 70.0 Å². The van der Waals surface area contributed by atoms with Crippen LogP contribution in [-0.2, 0) is 0 Å². The molecule has 2 aromatic heterocycles. The van der Waals surface area contributed by atoms with E-state index in [4.69, 9.17) is 9.47 Å². The number of nitrogens with zero attached hydrogens (tertiary/aromatic N) is 4. The average molecular weight is 372 g/mol. The minimum absolute atomic E-state index is 0.163. The fourth-order valence-corrected chi connectivity index (χ4v) is 2.95. The van der Waals surface area contributed by atoms with Crippen molar-refractivity contribution in [3.05, 3.63) is 23.5 Å². The maximum Gasteiger partial charge on any atom is 0.319 e. The van der Waals surface area contributed by atoms with E-state index < -0.39 is 12.3 Å². The second-order valence-electron chi connectivity index (χ2n) is 6.70. The van der Waals surface area contributed by atoms with Gasteiger partial charge >= 0.3 is 6.01 Å². The molecule has 6 nitrogen and oxygen atoms in total. The van der Waals surface area contributed by atoms with Crippen LogP contribution in [0.2, 0.25) is 0 Å². The molecule has 0 aliphatic heterocycles. The lowest BCUT2D eigenvalue weighted by atomic mass is 10.0. The third-order valence-corrected chi connectivity index (χ3v) is 4.74. The minimum atomic E-state index is -2.35. The molecule has 4 rings (SSSR count). The zero-order valence-corrected chi connectivity index (χ0v) is 14.9. The Balaban J connectivity index is 1.74. The molecule has 2 heterocycles. The lowest BCUT2D eigenvalue weighted by molar-refractivity contribution is 0.120. The lowest BCUT2D eigenvalue weighted by Crippen LogP contribution is -2.03. The summed E-state index contributed by atoms with van der Waals surface area (Å²) in [6.07, 6.45) is 1.76. The van der Waals surface area contributed by atoms with Gasteiger partial charge in [0, 0.05) is 18.0 Å². The fourth-order valence-electron chi connectivity index (χ4n) is 2.95. The summed E-state index contributed by atoms with van der Waals surface area (Å²) < 4.78 is 36.5. The molecule has 8 heteroatoms. The van der Waals surface area contributed by atoms with Crippen LogP contribution in [0.25, 0.3) is 11.3 Å². The van der Waals surface area contributed by atoms with Crippen LogP contribution in [-0.4, -0.2) is 40.8 Å². The molecule has 2 atom stereocenters. The molecule has 2 fully saturated rings. The molecule has 0 saturated heterocycles. The highest BCUT2D eigenvalue weighted by molar-refractivity contribution is 5.65. The average Bonchev–Trinajstić information content (AvgIpc) is 3.59. The van der Waals surface area contributed by atoms with Crippen LogP contribution in [0.15, 0.2) is 12.3 Å². The molecule has 140 valence electrons. The molecule has 2 aliphatic rings. The number of methoxy groups -OCH3 is 2. The van der Waals surface area contributed by atoms with Crippen LogP contribution in [0.5, 0.6) is 11.9 Å². The van der Waals surface area contributed by atoms with E-state index in [1.54, 1.807) is 6.07 Å². The van der Waals surface area contributed by atoms with Crippen molar-refractivity contribution < 1.29 is 18.3 Å². The van der Waals surface area contributed by atoms with Gasteiger partial charge in [-0.15, -0.1) is 10.2 Å². The zero-order chi connectivity index (χ0) is 19.0. The van der Waals surface area contributed by atoms with Crippen molar-refractivity contribution in [2.45, 2.75) is 31.6 Å². The molecule has 0 unspecified atom stereocenters. The normalized spacial score (nSPS) is 20.8. The number of alkyl halides is 2. The molecular formula is C19H18F2N4O2. The SMILES string of the molecule is COc1ncc(-c2cc([C@@H]3C[C@H]3C(F)F)c(C#CC3CC3)nn2)c(OC)n1. The first-order valence-corrected chi connectivity index (χ1v) is 8.73. The number of ether oxygens (including phenoxy) is 2. The zero-order valence-electron chi connectivity index (χ0n) is 14.9.